The van der Waals surface area contributed by atoms with Gasteiger partial charge in [-0.3, -0.25) is 0 Å². The first-order valence-electron chi connectivity index (χ1n) is 7.05. The molecule has 0 aliphatic heterocycles. The lowest BCUT2D eigenvalue weighted by molar-refractivity contribution is 0.306. The van der Waals surface area contributed by atoms with E-state index in [1.807, 2.05) is 0 Å². The van der Waals surface area contributed by atoms with Crippen LogP contribution >= 0.6 is 0 Å². The Kier molecular flexibility index (Phi) is 4.16. The summed E-state index contributed by atoms with van der Waals surface area (Å²) in [5.74, 6) is 0.980. The van der Waals surface area contributed by atoms with E-state index in [9.17, 15) is 0 Å². The number of nitrogens with two attached hydrogens (primary N) is 1. The number of nitrogens with zero attached hydrogens (tertiary/aromatic N) is 1. The van der Waals surface area contributed by atoms with E-state index in [4.69, 9.17) is 10.5 Å². The van der Waals surface area contributed by atoms with E-state index >= 15 is 0 Å². The van der Waals surface area contributed by atoms with Crippen molar-refractivity contribution in [2.24, 2.45) is 5.73 Å². The van der Waals surface area contributed by atoms with Crippen LogP contribution in [0.5, 0.6) is 5.75 Å². The van der Waals surface area contributed by atoms with Gasteiger partial charge in [0.1, 0.15) is 5.75 Å². The molecule has 0 saturated heterocycles. The van der Waals surface area contributed by atoms with E-state index in [2.05, 4.69) is 37.9 Å². The lowest BCUT2D eigenvalue weighted by Crippen LogP contribution is -2.38. The summed E-state index contributed by atoms with van der Waals surface area (Å²) in [5, 5.41) is 0. The summed E-state index contributed by atoms with van der Waals surface area (Å²) in [5.41, 5.74) is 10.2. The molecule has 1 aliphatic carbocycles. The Labute approximate surface area is 116 Å². The van der Waals surface area contributed by atoms with Crippen LogP contribution in [0.2, 0.25) is 0 Å². The van der Waals surface area contributed by atoms with E-state index in [1.165, 1.54) is 29.5 Å². The molecule has 2 N–H and O–H groups in total. The van der Waals surface area contributed by atoms with Gasteiger partial charge in [-0.15, -0.1) is 0 Å². The highest BCUT2D eigenvalue weighted by atomic mass is 16.5. The number of hydrogen-bond donors (Lipinski definition) is 1. The van der Waals surface area contributed by atoms with Crippen molar-refractivity contribution in [1.29, 1.82) is 0 Å². The number of rotatable bonds is 6. The first-order chi connectivity index (χ1) is 8.93. The third kappa shape index (κ3) is 3.71. The van der Waals surface area contributed by atoms with Gasteiger partial charge >= 0.3 is 0 Å². The molecule has 3 heteroatoms. The van der Waals surface area contributed by atoms with Gasteiger partial charge in [-0.25, -0.2) is 0 Å². The molecule has 1 aromatic carbocycles. The maximum atomic E-state index is 6.15. The molecule has 1 aliphatic rings. The number of likely N-dealkylation sites (N-methyl/N-ethyl adjacent to an activating group) is 1. The van der Waals surface area contributed by atoms with Crippen molar-refractivity contribution < 1.29 is 4.74 Å². The fourth-order valence-electron chi connectivity index (χ4n) is 2.59. The van der Waals surface area contributed by atoms with Gasteiger partial charge in [-0.05, 0) is 62.9 Å². The molecular formula is C16H26N2O. The van der Waals surface area contributed by atoms with Crippen molar-refractivity contribution in [1.82, 2.24) is 4.90 Å². The molecule has 0 atom stereocenters. The maximum absolute atomic E-state index is 6.15. The van der Waals surface area contributed by atoms with Gasteiger partial charge in [0.05, 0.1) is 7.11 Å². The molecule has 1 aromatic rings. The van der Waals surface area contributed by atoms with Crippen LogP contribution in [0, 0.1) is 13.8 Å². The van der Waals surface area contributed by atoms with E-state index in [-0.39, 0.29) is 5.54 Å². The Balaban J connectivity index is 1.93. The van der Waals surface area contributed by atoms with Crippen LogP contribution < -0.4 is 10.5 Å². The van der Waals surface area contributed by atoms with Gasteiger partial charge in [0.15, 0.2) is 0 Å². The lowest BCUT2D eigenvalue weighted by atomic mass is 10.0. The molecule has 0 spiro atoms. The summed E-state index contributed by atoms with van der Waals surface area (Å²) in [6.07, 6.45) is 3.43. The molecule has 0 amide bonds. The summed E-state index contributed by atoms with van der Waals surface area (Å²) < 4.78 is 5.35. The van der Waals surface area contributed by atoms with Crippen LogP contribution in [-0.2, 0) is 6.42 Å². The van der Waals surface area contributed by atoms with Crippen LogP contribution in [0.15, 0.2) is 12.1 Å². The Morgan fingerprint density at radius 2 is 1.95 bits per heavy atom. The number of methoxy groups -OCH3 is 1. The highest BCUT2D eigenvalue weighted by molar-refractivity contribution is 5.41. The molecule has 1 saturated carbocycles. The highest BCUT2D eigenvalue weighted by Crippen LogP contribution is 2.32. The molecule has 2 rings (SSSR count). The predicted octanol–water partition coefficient (Wildman–Crippen LogP) is 2.28. The third-order valence-corrected chi connectivity index (χ3v) is 4.09. The van der Waals surface area contributed by atoms with E-state index < -0.39 is 0 Å². The largest absolute Gasteiger partial charge is 0.496 e. The fraction of sp³-hybridized carbons (Fsp3) is 0.625. The Hall–Kier alpha value is -1.06. The van der Waals surface area contributed by atoms with Crippen LogP contribution in [-0.4, -0.2) is 37.7 Å². The molecule has 3 nitrogen and oxygen atoms in total. The van der Waals surface area contributed by atoms with Crippen LogP contribution in [0.4, 0.5) is 0 Å². The van der Waals surface area contributed by atoms with Crippen molar-refractivity contribution in [2.75, 3.05) is 27.2 Å². The minimum atomic E-state index is 0.111. The van der Waals surface area contributed by atoms with Gasteiger partial charge in [0, 0.05) is 18.6 Å². The monoisotopic (exact) mass is 262 g/mol. The molecule has 106 valence electrons. The van der Waals surface area contributed by atoms with Crippen LogP contribution in [0.3, 0.4) is 0 Å². The molecule has 1 fully saturated rings. The number of hydrogen-bond acceptors (Lipinski definition) is 3. The Bertz CT molecular complexity index is 452. The molecule has 0 bridgehead atoms. The Morgan fingerprint density at radius 3 is 2.53 bits per heavy atom. The second-order valence-corrected chi connectivity index (χ2v) is 6.10. The maximum Gasteiger partial charge on any atom is 0.122 e. The topological polar surface area (TPSA) is 38.5 Å². The van der Waals surface area contributed by atoms with Gasteiger partial charge in [0.2, 0.25) is 0 Å². The normalized spacial score (nSPS) is 16.7. The minimum Gasteiger partial charge on any atom is -0.496 e. The minimum absolute atomic E-state index is 0.111. The third-order valence-electron chi connectivity index (χ3n) is 4.09. The summed E-state index contributed by atoms with van der Waals surface area (Å²) in [7, 11) is 3.89. The van der Waals surface area contributed by atoms with Gasteiger partial charge in [-0.1, -0.05) is 6.07 Å². The lowest BCUT2D eigenvalue weighted by Gasteiger charge is -2.21. The second kappa shape index (κ2) is 5.51. The van der Waals surface area contributed by atoms with Crippen LogP contribution in [0.25, 0.3) is 0 Å². The molecule has 0 aromatic heterocycles. The molecule has 0 unspecified atom stereocenters. The van der Waals surface area contributed by atoms with E-state index in [0.29, 0.717) is 0 Å². The van der Waals surface area contributed by atoms with E-state index in [0.717, 1.165) is 25.3 Å². The molecule has 19 heavy (non-hydrogen) atoms. The quantitative estimate of drug-likeness (QED) is 0.855. The highest BCUT2D eigenvalue weighted by Gasteiger charge is 2.38. The zero-order chi connectivity index (χ0) is 14.0. The predicted molar refractivity (Wildman–Crippen MR) is 79.8 cm³/mol. The van der Waals surface area contributed by atoms with Crippen LogP contribution in [0.1, 0.15) is 29.5 Å². The van der Waals surface area contributed by atoms with Gasteiger partial charge in [0.25, 0.3) is 0 Å². The zero-order valence-electron chi connectivity index (χ0n) is 12.6. The van der Waals surface area contributed by atoms with E-state index in [1.54, 1.807) is 7.11 Å². The van der Waals surface area contributed by atoms with Crippen molar-refractivity contribution in [3.05, 3.63) is 28.8 Å². The number of ether oxygens (including phenoxy) is 1. The number of benzene rings is 1. The summed E-state index contributed by atoms with van der Waals surface area (Å²) in [6.45, 7) is 6.33. The summed E-state index contributed by atoms with van der Waals surface area (Å²) in [6, 6.07) is 4.38. The number of aryl methyl sites for hydroxylation is 2. The second-order valence-electron chi connectivity index (χ2n) is 6.10. The SMILES string of the molecule is COc1cc(C)c(CCN(C)CC2(N)CC2)cc1C. The van der Waals surface area contributed by atoms with Crippen molar-refractivity contribution in [3.63, 3.8) is 0 Å². The molecular weight excluding hydrogens is 236 g/mol. The van der Waals surface area contributed by atoms with Gasteiger partial charge in [-0.2, -0.15) is 0 Å². The first-order valence-corrected chi connectivity index (χ1v) is 7.05. The smallest absolute Gasteiger partial charge is 0.122 e. The molecule has 0 radical (unpaired) electrons. The first kappa shape index (κ1) is 14.4. The standard InChI is InChI=1S/C16H26N2O/c1-12-10-15(19-4)13(2)9-14(12)5-8-18(3)11-16(17)6-7-16/h9-10H,5-8,11,17H2,1-4H3. The average Bonchev–Trinajstić information content (AvgIpc) is 3.07. The van der Waals surface area contributed by atoms with Gasteiger partial charge < -0.3 is 15.4 Å². The molecule has 0 heterocycles. The van der Waals surface area contributed by atoms with Crippen molar-refractivity contribution >= 4 is 0 Å². The van der Waals surface area contributed by atoms with Crippen molar-refractivity contribution in [3.8, 4) is 5.75 Å². The zero-order valence-corrected chi connectivity index (χ0v) is 12.6. The Morgan fingerprint density at radius 1 is 1.26 bits per heavy atom. The fourth-order valence-corrected chi connectivity index (χ4v) is 2.59. The average molecular weight is 262 g/mol. The summed E-state index contributed by atoms with van der Waals surface area (Å²) >= 11 is 0. The van der Waals surface area contributed by atoms with Crippen molar-refractivity contribution in [2.45, 2.75) is 38.6 Å². The summed E-state index contributed by atoms with van der Waals surface area (Å²) in [4.78, 5) is 2.35.